The van der Waals surface area contributed by atoms with Crippen molar-refractivity contribution >= 4 is 21.6 Å². The van der Waals surface area contributed by atoms with Gasteiger partial charge in [-0.05, 0) is 31.7 Å². The summed E-state index contributed by atoms with van der Waals surface area (Å²) in [5.74, 6) is 0. The van der Waals surface area contributed by atoms with Crippen molar-refractivity contribution in [3.63, 3.8) is 0 Å². The van der Waals surface area contributed by atoms with E-state index in [9.17, 15) is 4.79 Å². The lowest BCUT2D eigenvalue weighted by atomic mass is 9.91. The van der Waals surface area contributed by atoms with Gasteiger partial charge in [-0.25, -0.2) is 4.98 Å². The SMILES string of the molecule is CC(C)(C#N)CCn1cnc2ccsc2c1=O. The molecule has 0 aromatic carbocycles. The van der Waals surface area contributed by atoms with Crippen molar-refractivity contribution in [1.29, 1.82) is 5.26 Å². The normalized spacial score (nSPS) is 11.6. The molecule has 0 saturated carbocycles. The van der Waals surface area contributed by atoms with Crippen LogP contribution in [0.5, 0.6) is 0 Å². The Labute approximate surface area is 103 Å². The number of nitriles is 1. The quantitative estimate of drug-likeness (QED) is 0.836. The predicted octanol–water partition coefficient (Wildman–Crippen LogP) is 2.40. The Balaban J connectivity index is 2.29. The lowest BCUT2D eigenvalue weighted by Crippen LogP contribution is -2.22. The number of aryl methyl sites for hydroxylation is 1. The molecule has 0 N–H and O–H groups in total. The molecule has 2 rings (SSSR count). The van der Waals surface area contributed by atoms with Crippen LogP contribution in [0.4, 0.5) is 0 Å². The van der Waals surface area contributed by atoms with E-state index in [0.29, 0.717) is 17.7 Å². The second kappa shape index (κ2) is 4.30. The van der Waals surface area contributed by atoms with Gasteiger partial charge >= 0.3 is 0 Å². The molecular weight excluding hydrogens is 234 g/mol. The third-order valence-corrected chi connectivity index (χ3v) is 3.61. The fraction of sp³-hybridized carbons (Fsp3) is 0.417. The smallest absolute Gasteiger partial charge is 0.271 e. The maximum Gasteiger partial charge on any atom is 0.271 e. The Bertz CT molecular complexity index is 633. The second-order valence-electron chi connectivity index (χ2n) is 4.62. The molecule has 2 aromatic heterocycles. The zero-order valence-electron chi connectivity index (χ0n) is 9.80. The Morgan fingerprint density at radius 2 is 2.35 bits per heavy atom. The van der Waals surface area contributed by atoms with Crippen LogP contribution in [0.25, 0.3) is 10.2 Å². The van der Waals surface area contributed by atoms with Gasteiger partial charge in [0.2, 0.25) is 0 Å². The average Bonchev–Trinajstić information content (AvgIpc) is 2.77. The first kappa shape index (κ1) is 11.8. The second-order valence-corrected chi connectivity index (χ2v) is 5.54. The summed E-state index contributed by atoms with van der Waals surface area (Å²) in [5, 5.41) is 10.8. The summed E-state index contributed by atoms with van der Waals surface area (Å²) in [5.41, 5.74) is 0.318. The van der Waals surface area contributed by atoms with E-state index in [1.54, 1.807) is 10.9 Å². The zero-order valence-corrected chi connectivity index (χ0v) is 10.6. The van der Waals surface area contributed by atoms with Gasteiger partial charge in [0.05, 0.1) is 23.3 Å². The number of thiophene rings is 1. The van der Waals surface area contributed by atoms with Crippen molar-refractivity contribution in [2.75, 3.05) is 0 Å². The molecule has 0 fully saturated rings. The maximum absolute atomic E-state index is 12.0. The third kappa shape index (κ3) is 2.37. The lowest BCUT2D eigenvalue weighted by molar-refractivity contribution is 0.408. The molecule has 0 atom stereocenters. The maximum atomic E-state index is 12.0. The minimum absolute atomic E-state index is 0.0151. The Hall–Kier alpha value is -1.67. The highest BCUT2D eigenvalue weighted by Gasteiger charge is 2.17. The van der Waals surface area contributed by atoms with Crippen molar-refractivity contribution in [2.45, 2.75) is 26.8 Å². The van der Waals surface area contributed by atoms with Crippen LogP contribution in [-0.2, 0) is 6.54 Å². The van der Waals surface area contributed by atoms with E-state index in [1.807, 2.05) is 25.3 Å². The summed E-state index contributed by atoms with van der Waals surface area (Å²) in [6.45, 7) is 4.27. The highest BCUT2D eigenvalue weighted by Crippen LogP contribution is 2.19. The fourth-order valence-electron chi connectivity index (χ4n) is 1.49. The van der Waals surface area contributed by atoms with Gasteiger partial charge in [-0.2, -0.15) is 5.26 Å². The molecule has 0 radical (unpaired) electrons. The third-order valence-electron chi connectivity index (χ3n) is 2.72. The van der Waals surface area contributed by atoms with Gasteiger partial charge in [-0.1, -0.05) is 0 Å². The molecule has 5 heteroatoms. The number of hydrogen-bond donors (Lipinski definition) is 0. The first-order chi connectivity index (χ1) is 8.03. The molecule has 0 bridgehead atoms. The van der Waals surface area contributed by atoms with Crippen LogP contribution in [-0.4, -0.2) is 9.55 Å². The molecule has 0 aliphatic rings. The van der Waals surface area contributed by atoms with E-state index < -0.39 is 5.41 Å². The topological polar surface area (TPSA) is 58.7 Å². The van der Waals surface area contributed by atoms with Crippen molar-refractivity contribution in [3.05, 3.63) is 28.1 Å². The van der Waals surface area contributed by atoms with Gasteiger partial charge in [0, 0.05) is 6.54 Å². The van der Waals surface area contributed by atoms with Crippen LogP contribution < -0.4 is 5.56 Å². The molecule has 0 unspecified atom stereocenters. The van der Waals surface area contributed by atoms with Crippen LogP contribution in [0.15, 0.2) is 22.6 Å². The molecule has 0 aliphatic heterocycles. The van der Waals surface area contributed by atoms with Gasteiger partial charge in [0.25, 0.3) is 5.56 Å². The van der Waals surface area contributed by atoms with Gasteiger partial charge in [0.15, 0.2) is 0 Å². The van der Waals surface area contributed by atoms with E-state index in [4.69, 9.17) is 5.26 Å². The van der Waals surface area contributed by atoms with E-state index in [0.717, 1.165) is 5.52 Å². The van der Waals surface area contributed by atoms with E-state index in [-0.39, 0.29) is 5.56 Å². The molecule has 0 saturated heterocycles. The van der Waals surface area contributed by atoms with Gasteiger partial charge < -0.3 is 0 Å². The van der Waals surface area contributed by atoms with Crippen molar-refractivity contribution in [3.8, 4) is 6.07 Å². The predicted molar refractivity (Wildman–Crippen MR) is 67.9 cm³/mol. The highest BCUT2D eigenvalue weighted by molar-refractivity contribution is 7.17. The number of nitrogens with zero attached hydrogens (tertiary/aromatic N) is 3. The van der Waals surface area contributed by atoms with Crippen LogP contribution in [0, 0.1) is 16.7 Å². The van der Waals surface area contributed by atoms with Crippen molar-refractivity contribution in [1.82, 2.24) is 9.55 Å². The molecular formula is C12H13N3OS. The van der Waals surface area contributed by atoms with E-state index in [2.05, 4.69) is 11.1 Å². The van der Waals surface area contributed by atoms with Crippen molar-refractivity contribution in [2.24, 2.45) is 5.41 Å². The van der Waals surface area contributed by atoms with Gasteiger partial charge in [-0.3, -0.25) is 9.36 Å². The fourth-order valence-corrected chi connectivity index (χ4v) is 2.29. The molecule has 17 heavy (non-hydrogen) atoms. The lowest BCUT2D eigenvalue weighted by Gasteiger charge is -2.15. The number of aromatic nitrogens is 2. The van der Waals surface area contributed by atoms with Crippen LogP contribution in [0.3, 0.4) is 0 Å². The number of hydrogen-bond acceptors (Lipinski definition) is 4. The average molecular weight is 247 g/mol. The zero-order chi connectivity index (χ0) is 12.5. The molecule has 0 amide bonds. The van der Waals surface area contributed by atoms with Crippen molar-refractivity contribution < 1.29 is 0 Å². The van der Waals surface area contributed by atoms with Crippen LogP contribution >= 0.6 is 11.3 Å². The van der Waals surface area contributed by atoms with Crippen LogP contribution in [0.2, 0.25) is 0 Å². The largest absolute Gasteiger partial charge is 0.298 e. The summed E-state index contributed by atoms with van der Waals surface area (Å²) < 4.78 is 2.26. The number of rotatable bonds is 3. The summed E-state index contributed by atoms with van der Waals surface area (Å²) in [6.07, 6.45) is 2.20. The summed E-state index contributed by atoms with van der Waals surface area (Å²) in [6, 6.07) is 4.07. The molecule has 4 nitrogen and oxygen atoms in total. The van der Waals surface area contributed by atoms with Gasteiger partial charge in [-0.15, -0.1) is 11.3 Å². The minimum Gasteiger partial charge on any atom is -0.298 e. The molecule has 2 aromatic rings. The molecule has 2 heterocycles. The molecule has 0 aliphatic carbocycles. The Kier molecular flexibility index (Phi) is 2.99. The standard InChI is InChI=1S/C12H13N3OS/c1-12(2,7-13)4-5-15-8-14-9-3-6-17-10(9)11(15)16/h3,6,8H,4-5H2,1-2H3. The molecule has 88 valence electrons. The monoisotopic (exact) mass is 247 g/mol. The summed E-state index contributed by atoms with van der Waals surface area (Å²) >= 11 is 1.41. The summed E-state index contributed by atoms with van der Waals surface area (Å²) in [4.78, 5) is 16.3. The Morgan fingerprint density at radius 3 is 3.06 bits per heavy atom. The van der Waals surface area contributed by atoms with Crippen LogP contribution in [0.1, 0.15) is 20.3 Å². The highest BCUT2D eigenvalue weighted by atomic mass is 32.1. The first-order valence-corrected chi connectivity index (χ1v) is 6.25. The van der Waals surface area contributed by atoms with E-state index >= 15 is 0 Å². The molecule has 0 spiro atoms. The number of fused-ring (bicyclic) bond motifs is 1. The summed E-state index contributed by atoms with van der Waals surface area (Å²) in [7, 11) is 0. The first-order valence-electron chi connectivity index (χ1n) is 5.37. The minimum atomic E-state index is -0.413. The van der Waals surface area contributed by atoms with Gasteiger partial charge in [0.1, 0.15) is 4.70 Å². The Morgan fingerprint density at radius 1 is 1.59 bits per heavy atom. The van der Waals surface area contributed by atoms with E-state index in [1.165, 1.54) is 11.3 Å².